The minimum atomic E-state index is -2.36. The van der Waals surface area contributed by atoms with Crippen LogP contribution in [0.1, 0.15) is 0 Å². The number of hydrogen-bond donors (Lipinski definition) is 3. The van der Waals surface area contributed by atoms with Gasteiger partial charge in [0.25, 0.3) is 0 Å². The fraction of sp³-hybridized carbons (Fsp3) is 0. The van der Waals surface area contributed by atoms with Gasteiger partial charge in [-0.3, -0.25) is 15.0 Å². The highest BCUT2D eigenvalue weighted by atomic mass is 27.2. The molecule has 0 atom stereocenters. The molecule has 0 aliphatic carbocycles. The van der Waals surface area contributed by atoms with E-state index in [-0.39, 0.29) is 17.2 Å². The Balaban J connectivity index is 1.63. The molecule has 0 spiro atoms. The van der Waals surface area contributed by atoms with E-state index in [1.54, 1.807) is 36.4 Å². The number of phenolic OH excluding ortho intramolecular Hbond substituents is 3. The smallest absolute Gasteiger partial charge is 0.466 e. The number of aromatic nitrogens is 3. The Morgan fingerprint density at radius 2 is 0.735 bits per heavy atom. The van der Waals surface area contributed by atoms with Crippen molar-refractivity contribution in [3.05, 3.63) is 91.0 Å². The van der Waals surface area contributed by atoms with Crippen LogP contribution in [0.4, 0.5) is 0 Å². The van der Waals surface area contributed by atoms with Gasteiger partial charge in [0, 0.05) is 16.2 Å². The highest BCUT2D eigenvalue weighted by Gasteiger charge is 2.32. The van der Waals surface area contributed by atoms with Crippen molar-refractivity contribution in [1.29, 1.82) is 0 Å². The van der Waals surface area contributed by atoms with E-state index in [0.29, 0.717) is 16.6 Å². The molecule has 162 valence electrons. The number of rotatable bonds is 3. The Morgan fingerprint density at radius 1 is 0.412 bits per heavy atom. The van der Waals surface area contributed by atoms with Gasteiger partial charge in [-0.1, -0.05) is 72.8 Å². The van der Waals surface area contributed by atoms with Gasteiger partial charge in [0.1, 0.15) is 33.8 Å². The van der Waals surface area contributed by atoms with Gasteiger partial charge in [0.15, 0.2) is 0 Å². The highest BCUT2D eigenvalue weighted by Crippen LogP contribution is 2.23. The summed E-state index contributed by atoms with van der Waals surface area (Å²) in [7, 11) is 0. The standard InChI is InChI=1S/3C9H6NO.Al/c3*11-8-5-1-3-7-4-2-6-10-9(7)8;/h3*1-5,11H;. The second kappa shape index (κ2) is 8.00. The van der Waals surface area contributed by atoms with Crippen molar-refractivity contribution in [2.24, 2.45) is 0 Å². The monoisotopic (exact) mass is 459 g/mol. The molecule has 0 bridgehead atoms. The third-order valence-corrected chi connectivity index (χ3v) is 8.79. The van der Waals surface area contributed by atoms with Gasteiger partial charge in [0.2, 0.25) is 0 Å². The Kier molecular flexibility index (Phi) is 4.80. The number of nitrogens with zero attached hydrogens (tertiary/aromatic N) is 3. The van der Waals surface area contributed by atoms with E-state index in [1.165, 1.54) is 0 Å². The van der Waals surface area contributed by atoms with Crippen LogP contribution < -0.4 is 13.7 Å². The first-order valence-electron chi connectivity index (χ1n) is 10.8. The summed E-state index contributed by atoms with van der Waals surface area (Å²) in [5, 5.41) is 33.8. The van der Waals surface area contributed by atoms with Crippen LogP contribution in [-0.2, 0) is 0 Å². The lowest BCUT2D eigenvalue weighted by atomic mass is 10.2. The van der Waals surface area contributed by atoms with E-state index < -0.39 is 14.1 Å². The first-order chi connectivity index (χ1) is 16.6. The predicted octanol–water partition coefficient (Wildman–Crippen LogP) is 2.96. The lowest BCUT2D eigenvalue weighted by Crippen LogP contribution is -2.55. The summed E-state index contributed by atoms with van der Waals surface area (Å²) in [6.45, 7) is 0. The zero-order valence-electron chi connectivity index (χ0n) is 17.9. The zero-order chi connectivity index (χ0) is 23.2. The molecule has 6 rings (SSSR count). The third-order valence-electron chi connectivity index (χ3n) is 6.05. The molecule has 3 heterocycles. The Hall–Kier alpha value is -4.18. The second-order valence-electron chi connectivity index (χ2n) is 8.19. The molecule has 0 aliphatic heterocycles. The van der Waals surface area contributed by atoms with Gasteiger partial charge >= 0.3 is 14.1 Å². The van der Waals surface area contributed by atoms with Crippen LogP contribution in [0.2, 0.25) is 0 Å². The van der Waals surface area contributed by atoms with E-state index in [9.17, 15) is 15.3 Å². The highest BCUT2D eigenvalue weighted by molar-refractivity contribution is 6.94. The normalized spacial score (nSPS) is 11.3. The van der Waals surface area contributed by atoms with Crippen LogP contribution in [0.15, 0.2) is 91.0 Å². The van der Waals surface area contributed by atoms with E-state index >= 15 is 0 Å². The van der Waals surface area contributed by atoms with Crippen molar-refractivity contribution in [2.45, 2.75) is 0 Å². The summed E-state index contributed by atoms with van der Waals surface area (Å²) in [6.07, 6.45) is 0. The molecule has 3 N–H and O–H groups in total. The molecule has 3 aromatic carbocycles. The molecule has 0 unspecified atom stereocenters. The van der Waals surface area contributed by atoms with Crippen LogP contribution in [0, 0.1) is 0 Å². The first kappa shape index (κ1) is 20.4. The molecule has 0 saturated heterocycles. The summed E-state index contributed by atoms with van der Waals surface area (Å²) < 4.78 is 2.33. The van der Waals surface area contributed by atoms with Crippen molar-refractivity contribution in [3.8, 4) is 17.2 Å². The second-order valence-corrected chi connectivity index (χ2v) is 10.8. The van der Waals surface area contributed by atoms with Gasteiger partial charge in [-0.25, -0.2) is 0 Å². The van der Waals surface area contributed by atoms with E-state index in [1.807, 2.05) is 54.6 Å². The molecule has 0 fully saturated rings. The minimum Gasteiger partial charge on any atom is -0.506 e. The maximum absolute atomic E-state index is 10.4. The number of fused-ring (bicyclic) bond motifs is 3. The Labute approximate surface area is 198 Å². The van der Waals surface area contributed by atoms with Gasteiger partial charge in [-0.05, 0) is 31.9 Å². The third kappa shape index (κ3) is 3.39. The van der Waals surface area contributed by atoms with Crippen molar-refractivity contribution in [1.82, 2.24) is 15.0 Å². The van der Waals surface area contributed by atoms with Gasteiger partial charge in [-0.15, -0.1) is 0 Å². The number of hydrogen-bond acceptors (Lipinski definition) is 6. The number of pyridine rings is 3. The Morgan fingerprint density at radius 3 is 1.06 bits per heavy atom. The molecule has 7 heteroatoms. The molecule has 6 nitrogen and oxygen atoms in total. The lowest BCUT2D eigenvalue weighted by Gasteiger charge is -2.14. The summed E-state index contributed by atoms with van der Waals surface area (Å²) in [4.78, 5) is 14.5. The molecular formula is C27H18AlN3O3. The maximum Gasteiger partial charge on any atom is 0.466 e. The molecule has 0 aliphatic rings. The van der Waals surface area contributed by atoms with Gasteiger partial charge in [-0.2, -0.15) is 0 Å². The minimum absolute atomic E-state index is 0.111. The fourth-order valence-corrected chi connectivity index (χ4v) is 6.93. The maximum atomic E-state index is 10.4. The molecule has 3 aromatic heterocycles. The molecule has 34 heavy (non-hydrogen) atoms. The molecule has 0 radical (unpaired) electrons. The van der Waals surface area contributed by atoms with Crippen LogP contribution >= 0.6 is 0 Å². The van der Waals surface area contributed by atoms with Gasteiger partial charge in [0.05, 0.1) is 0 Å². The van der Waals surface area contributed by atoms with Crippen molar-refractivity contribution < 1.29 is 15.3 Å². The van der Waals surface area contributed by atoms with Crippen molar-refractivity contribution in [2.75, 3.05) is 0 Å². The van der Waals surface area contributed by atoms with Crippen LogP contribution in [0.5, 0.6) is 17.2 Å². The van der Waals surface area contributed by atoms with Crippen LogP contribution in [0.3, 0.4) is 0 Å². The number of para-hydroxylation sites is 3. The average molecular weight is 459 g/mol. The molecule has 0 saturated carbocycles. The summed E-state index contributed by atoms with van der Waals surface area (Å²) in [5.74, 6) is 0.334. The molecule has 0 amide bonds. The largest absolute Gasteiger partial charge is 0.506 e. The van der Waals surface area contributed by atoms with Crippen molar-refractivity contribution in [3.63, 3.8) is 0 Å². The summed E-state index contributed by atoms with van der Waals surface area (Å²) >= 11 is -2.36. The summed E-state index contributed by atoms with van der Waals surface area (Å²) in [5.41, 5.74) is 1.55. The van der Waals surface area contributed by atoms with Crippen LogP contribution in [-0.4, -0.2) is 44.4 Å². The first-order valence-corrected chi connectivity index (χ1v) is 12.6. The van der Waals surface area contributed by atoms with E-state index in [4.69, 9.17) is 15.0 Å². The Bertz CT molecular complexity index is 1520. The van der Waals surface area contributed by atoms with E-state index in [2.05, 4.69) is 0 Å². The number of aromatic hydroxyl groups is 3. The molecule has 6 aromatic rings. The number of phenols is 3. The quantitative estimate of drug-likeness (QED) is 0.352. The van der Waals surface area contributed by atoms with Crippen molar-refractivity contribution >= 4 is 60.5 Å². The zero-order valence-corrected chi connectivity index (χ0v) is 19.1. The van der Waals surface area contributed by atoms with Crippen LogP contribution in [0.25, 0.3) is 32.7 Å². The predicted molar refractivity (Wildman–Crippen MR) is 135 cm³/mol. The summed E-state index contributed by atoms with van der Waals surface area (Å²) in [6, 6.07) is 27.6. The van der Waals surface area contributed by atoms with Gasteiger partial charge < -0.3 is 15.3 Å². The topological polar surface area (TPSA) is 99.4 Å². The molecular weight excluding hydrogens is 441 g/mol. The fourth-order valence-electron chi connectivity index (χ4n) is 4.38. The average Bonchev–Trinajstić information content (AvgIpc) is 2.86. The number of benzene rings is 3. The lowest BCUT2D eigenvalue weighted by molar-refractivity contribution is 0.480. The van der Waals surface area contributed by atoms with E-state index in [0.717, 1.165) is 29.8 Å². The SMILES string of the molecule is Oc1cccc2cc[c]([Al]([c]3ccc4cccc(O)c4n3)[c]3ccc4cccc(O)c4n3)nc12.